The zero-order valence-corrected chi connectivity index (χ0v) is 10.6. The summed E-state index contributed by atoms with van der Waals surface area (Å²) in [4.78, 5) is 0. The normalized spacial score (nSPS) is 18.2. The SMILES string of the molecule is CC(C)CCCNC1COc2cc(O)ccc21. The molecule has 2 rings (SSSR count). The molecular formula is C14H21NO2. The summed E-state index contributed by atoms with van der Waals surface area (Å²) in [6.45, 7) is 6.18. The predicted molar refractivity (Wildman–Crippen MR) is 68.4 cm³/mol. The number of nitrogens with one attached hydrogen (secondary N) is 1. The van der Waals surface area contributed by atoms with Gasteiger partial charge in [-0.1, -0.05) is 13.8 Å². The van der Waals surface area contributed by atoms with Gasteiger partial charge in [-0.3, -0.25) is 0 Å². The minimum absolute atomic E-state index is 0.268. The van der Waals surface area contributed by atoms with Crippen molar-refractivity contribution in [2.24, 2.45) is 5.92 Å². The molecule has 0 amide bonds. The highest BCUT2D eigenvalue weighted by molar-refractivity contribution is 5.44. The molecule has 1 aromatic rings. The zero-order chi connectivity index (χ0) is 12.3. The number of hydrogen-bond donors (Lipinski definition) is 2. The molecule has 1 atom stereocenters. The first-order chi connectivity index (χ1) is 8.16. The minimum Gasteiger partial charge on any atom is -0.508 e. The number of fused-ring (bicyclic) bond motifs is 1. The highest BCUT2D eigenvalue weighted by Gasteiger charge is 2.23. The van der Waals surface area contributed by atoms with Crippen LogP contribution >= 0.6 is 0 Å². The van der Waals surface area contributed by atoms with Crippen molar-refractivity contribution in [3.8, 4) is 11.5 Å². The lowest BCUT2D eigenvalue weighted by Gasteiger charge is -2.12. The Kier molecular flexibility index (Phi) is 3.89. The van der Waals surface area contributed by atoms with E-state index in [9.17, 15) is 5.11 Å². The molecule has 0 bridgehead atoms. The molecule has 0 radical (unpaired) electrons. The Bertz CT molecular complexity index is 376. The van der Waals surface area contributed by atoms with Crippen molar-refractivity contribution in [2.75, 3.05) is 13.2 Å². The summed E-state index contributed by atoms with van der Waals surface area (Å²) in [6, 6.07) is 5.62. The Labute approximate surface area is 103 Å². The fourth-order valence-corrected chi connectivity index (χ4v) is 2.15. The summed E-state index contributed by atoms with van der Waals surface area (Å²) in [7, 11) is 0. The van der Waals surface area contributed by atoms with Crippen LogP contribution in [0.4, 0.5) is 0 Å². The standard InChI is InChI=1S/C14H21NO2/c1-10(2)4-3-7-15-13-9-17-14-8-11(16)5-6-12(13)14/h5-6,8,10,13,15-16H,3-4,7,9H2,1-2H3. The van der Waals surface area contributed by atoms with E-state index in [2.05, 4.69) is 19.2 Å². The second-order valence-corrected chi connectivity index (χ2v) is 5.08. The molecule has 3 nitrogen and oxygen atoms in total. The number of phenolic OH excluding ortho intramolecular Hbond substituents is 1. The van der Waals surface area contributed by atoms with Gasteiger partial charge in [0.05, 0.1) is 6.04 Å². The molecule has 3 heteroatoms. The Morgan fingerprint density at radius 1 is 1.47 bits per heavy atom. The molecule has 0 aromatic heterocycles. The van der Waals surface area contributed by atoms with E-state index in [1.165, 1.54) is 12.8 Å². The van der Waals surface area contributed by atoms with Crippen LogP contribution in [-0.4, -0.2) is 18.3 Å². The van der Waals surface area contributed by atoms with Crippen molar-refractivity contribution in [3.05, 3.63) is 23.8 Å². The first kappa shape index (κ1) is 12.2. The van der Waals surface area contributed by atoms with E-state index in [-0.39, 0.29) is 11.8 Å². The van der Waals surface area contributed by atoms with Crippen LogP contribution in [0.25, 0.3) is 0 Å². The number of hydrogen-bond acceptors (Lipinski definition) is 3. The third-order valence-corrected chi connectivity index (χ3v) is 3.13. The van der Waals surface area contributed by atoms with Crippen LogP contribution in [-0.2, 0) is 0 Å². The topological polar surface area (TPSA) is 41.5 Å². The van der Waals surface area contributed by atoms with Crippen LogP contribution in [0.5, 0.6) is 11.5 Å². The number of rotatable bonds is 5. The van der Waals surface area contributed by atoms with Crippen molar-refractivity contribution in [1.29, 1.82) is 0 Å². The minimum atomic E-state index is 0.268. The van der Waals surface area contributed by atoms with E-state index in [1.54, 1.807) is 12.1 Å². The Hall–Kier alpha value is -1.22. The second kappa shape index (κ2) is 5.41. The van der Waals surface area contributed by atoms with Gasteiger partial charge in [-0.05, 0) is 37.4 Å². The highest BCUT2D eigenvalue weighted by Crippen LogP contribution is 2.34. The summed E-state index contributed by atoms with van der Waals surface area (Å²) in [5, 5.41) is 12.9. The molecule has 0 spiro atoms. The van der Waals surface area contributed by atoms with Crippen molar-refractivity contribution in [2.45, 2.75) is 32.7 Å². The van der Waals surface area contributed by atoms with E-state index in [4.69, 9.17) is 4.74 Å². The summed E-state index contributed by atoms with van der Waals surface area (Å²) >= 11 is 0. The smallest absolute Gasteiger partial charge is 0.127 e. The van der Waals surface area contributed by atoms with E-state index in [0.29, 0.717) is 6.61 Å². The molecular weight excluding hydrogens is 214 g/mol. The third kappa shape index (κ3) is 3.13. The average Bonchev–Trinajstić information content (AvgIpc) is 2.66. The van der Waals surface area contributed by atoms with Gasteiger partial charge >= 0.3 is 0 Å². The van der Waals surface area contributed by atoms with E-state index in [0.717, 1.165) is 23.8 Å². The fourth-order valence-electron chi connectivity index (χ4n) is 2.15. The highest BCUT2D eigenvalue weighted by atomic mass is 16.5. The summed E-state index contributed by atoms with van der Waals surface area (Å²) in [5.41, 5.74) is 1.16. The van der Waals surface area contributed by atoms with E-state index < -0.39 is 0 Å². The van der Waals surface area contributed by atoms with Crippen molar-refractivity contribution in [1.82, 2.24) is 5.32 Å². The third-order valence-electron chi connectivity index (χ3n) is 3.13. The lowest BCUT2D eigenvalue weighted by molar-refractivity contribution is 0.308. The average molecular weight is 235 g/mol. The van der Waals surface area contributed by atoms with Gasteiger partial charge in [0, 0.05) is 11.6 Å². The maximum Gasteiger partial charge on any atom is 0.127 e. The molecule has 0 aliphatic carbocycles. The monoisotopic (exact) mass is 235 g/mol. The second-order valence-electron chi connectivity index (χ2n) is 5.08. The molecule has 0 saturated carbocycles. The van der Waals surface area contributed by atoms with Gasteiger partial charge in [-0.2, -0.15) is 0 Å². The molecule has 17 heavy (non-hydrogen) atoms. The summed E-state index contributed by atoms with van der Waals surface area (Å²) in [5.74, 6) is 1.84. The largest absolute Gasteiger partial charge is 0.508 e. The number of phenols is 1. The van der Waals surface area contributed by atoms with Crippen LogP contribution in [0, 0.1) is 5.92 Å². The Morgan fingerprint density at radius 2 is 2.29 bits per heavy atom. The molecule has 1 aromatic carbocycles. The van der Waals surface area contributed by atoms with Gasteiger partial charge in [0.15, 0.2) is 0 Å². The van der Waals surface area contributed by atoms with Gasteiger partial charge in [-0.15, -0.1) is 0 Å². The first-order valence-electron chi connectivity index (χ1n) is 6.36. The molecule has 0 fully saturated rings. The van der Waals surface area contributed by atoms with Crippen molar-refractivity contribution < 1.29 is 9.84 Å². The van der Waals surface area contributed by atoms with Crippen LogP contribution < -0.4 is 10.1 Å². The summed E-state index contributed by atoms with van der Waals surface area (Å²) in [6.07, 6.45) is 2.45. The Morgan fingerprint density at radius 3 is 3.06 bits per heavy atom. The van der Waals surface area contributed by atoms with Crippen LogP contribution in [0.2, 0.25) is 0 Å². The van der Waals surface area contributed by atoms with Gasteiger partial charge in [0.1, 0.15) is 18.1 Å². The predicted octanol–water partition coefficient (Wildman–Crippen LogP) is 2.85. The maximum atomic E-state index is 9.36. The zero-order valence-electron chi connectivity index (χ0n) is 10.6. The molecule has 1 heterocycles. The molecule has 1 aliphatic rings. The van der Waals surface area contributed by atoms with Gasteiger partial charge in [0.25, 0.3) is 0 Å². The van der Waals surface area contributed by atoms with E-state index in [1.807, 2.05) is 6.07 Å². The van der Waals surface area contributed by atoms with Gasteiger partial charge in [-0.25, -0.2) is 0 Å². The summed E-state index contributed by atoms with van der Waals surface area (Å²) < 4.78 is 5.55. The lowest BCUT2D eigenvalue weighted by Crippen LogP contribution is -2.23. The molecule has 1 aliphatic heterocycles. The van der Waals surface area contributed by atoms with Crippen LogP contribution in [0.15, 0.2) is 18.2 Å². The number of ether oxygens (including phenoxy) is 1. The quantitative estimate of drug-likeness (QED) is 0.771. The van der Waals surface area contributed by atoms with Crippen LogP contribution in [0.1, 0.15) is 38.3 Å². The molecule has 1 unspecified atom stereocenters. The molecule has 94 valence electrons. The van der Waals surface area contributed by atoms with E-state index >= 15 is 0 Å². The number of aromatic hydroxyl groups is 1. The molecule has 2 N–H and O–H groups in total. The maximum absolute atomic E-state index is 9.36. The van der Waals surface area contributed by atoms with Crippen molar-refractivity contribution >= 4 is 0 Å². The first-order valence-corrected chi connectivity index (χ1v) is 6.36. The van der Waals surface area contributed by atoms with Gasteiger partial charge < -0.3 is 15.2 Å². The lowest BCUT2D eigenvalue weighted by atomic mass is 10.1. The van der Waals surface area contributed by atoms with Crippen LogP contribution in [0.3, 0.4) is 0 Å². The fraction of sp³-hybridized carbons (Fsp3) is 0.571. The Balaban J connectivity index is 1.85. The van der Waals surface area contributed by atoms with Crippen molar-refractivity contribution in [3.63, 3.8) is 0 Å². The van der Waals surface area contributed by atoms with Gasteiger partial charge in [0.2, 0.25) is 0 Å². The molecule has 0 saturated heterocycles. The number of benzene rings is 1.